The third-order valence-electron chi connectivity index (χ3n) is 8.38. The summed E-state index contributed by atoms with van der Waals surface area (Å²) in [6.45, 7) is 8.40. The molecule has 9 nitrogen and oxygen atoms in total. The lowest BCUT2D eigenvalue weighted by Crippen LogP contribution is -2.54. The quantitative estimate of drug-likeness (QED) is 0.240. The summed E-state index contributed by atoms with van der Waals surface area (Å²) >= 11 is 0. The van der Waals surface area contributed by atoms with Gasteiger partial charge < -0.3 is 34.1 Å². The molecule has 242 valence electrons. The van der Waals surface area contributed by atoms with Gasteiger partial charge in [0.05, 0.1) is 20.3 Å². The smallest absolute Gasteiger partial charge is 0.409 e. The van der Waals surface area contributed by atoms with Crippen molar-refractivity contribution in [2.24, 2.45) is 11.8 Å². The molecular formula is C35H51N3O6. The number of hydrogen-bond donors (Lipinski definition) is 1. The number of nitrogens with zero attached hydrogens (tertiary/aromatic N) is 2. The predicted octanol–water partition coefficient (Wildman–Crippen LogP) is 5.42. The van der Waals surface area contributed by atoms with Crippen molar-refractivity contribution in [3.63, 3.8) is 0 Å². The summed E-state index contributed by atoms with van der Waals surface area (Å²) in [7, 11) is 3.25. The summed E-state index contributed by atoms with van der Waals surface area (Å²) in [5.74, 6) is 1.80. The highest BCUT2D eigenvalue weighted by Crippen LogP contribution is 2.31. The summed E-state index contributed by atoms with van der Waals surface area (Å²) in [5.41, 5.74) is 1.84. The lowest BCUT2D eigenvalue weighted by Gasteiger charge is -2.40. The normalized spacial score (nSPS) is 18.1. The molecule has 2 aromatic carbocycles. The van der Waals surface area contributed by atoms with Crippen LogP contribution >= 0.6 is 0 Å². The molecule has 0 unspecified atom stereocenters. The number of hydrogen-bond acceptors (Lipinski definition) is 7. The van der Waals surface area contributed by atoms with E-state index in [0.717, 1.165) is 38.8 Å². The fourth-order valence-electron chi connectivity index (χ4n) is 5.89. The number of methoxy groups -OCH3 is 2. The van der Waals surface area contributed by atoms with Gasteiger partial charge in [-0.3, -0.25) is 4.79 Å². The summed E-state index contributed by atoms with van der Waals surface area (Å²) in [4.78, 5) is 30.9. The van der Waals surface area contributed by atoms with Gasteiger partial charge in [0.1, 0.15) is 0 Å². The number of piperidine rings is 1. The molecule has 2 atom stereocenters. The van der Waals surface area contributed by atoms with Gasteiger partial charge in [0.2, 0.25) is 0 Å². The molecule has 1 saturated heterocycles. The fraction of sp³-hybridized carbons (Fsp3) is 0.600. The van der Waals surface area contributed by atoms with Gasteiger partial charge in [-0.05, 0) is 75.6 Å². The van der Waals surface area contributed by atoms with Crippen LogP contribution < -0.4 is 14.8 Å². The minimum absolute atomic E-state index is 0.0116. The van der Waals surface area contributed by atoms with Crippen LogP contribution in [0.2, 0.25) is 0 Å². The van der Waals surface area contributed by atoms with Gasteiger partial charge in [-0.15, -0.1) is 0 Å². The van der Waals surface area contributed by atoms with Gasteiger partial charge in [0.15, 0.2) is 11.5 Å². The maximum atomic E-state index is 13.9. The van der Waals surface area contributed by atoms with Crippen molar-refractivity contribution in [2.75, 3.05) is 60.2 Å². The molecule has 2 aliphatic rings. The summed E-state index contributed by atoms with van der Waals surface area (Å²) in [5, 5.41) is 3.49. The molecule has 44 heavy (non-hydrogen) atoms. The topological polar surface area (TPSA) is 89.6 Å². The van der Waals surface area contributed by atoms with Gasteiger partial charge in [-0.25, -0.2) is 4.79 Å². The van der Waals surface area contributed by atoms with Crippen LogP contribution in [0.3, 0.4) is 0 Å². The van der Waals surface area contributed by atoms with Gasteiger partial charge in [-0.1, -0.05) is 30.3 Å². The first-order valence-corrected chi connectivity index (χ1v) is 16.2. The highest BCUT2D eigenvalue weighted by atomic mass is 16.6. The Balaban J connectivity index is 1.33. The zero-order valence-corrected chi connectivity index (χ0v) is 27.0. The maximum absolute atomic E-state index is 13.9. The van der Waals surface area contributed by atoms with E-state index >= 15 is 0 Å². The zero-order valence-electron chi connectivity index (χ0n) is 27.0. The molecule has 1 saturated carbocycles. The standard InChI is InChI=1S/C35H51N3O6/c1-26(2)38(34(39)30-15-16-32(42-4)33(21-30)43-19-9-18-41-3)31-20-29(22-36-23-31)25-44-35(40)37(24-28-13-14-28)17-8-12-27-10-6-5-7-11-27/h5-7,10-11,15-16,21,26,28-29,31,36H,8-9,12-14,17-20,22-25H2,1-4H3/t29-,31+/m0/s1. The van der Waals surface area contributed by atoms with Gasteiger partial charge in [-0.2, -0.15) is 0 Å². The average molecular weight is 610 g/mol. The largest absolute Gasteiger partial charge is 0.493 e. The number of amides is 2. The lowest BCUT2D eigenvalue weighted by atomic mass is 9.94. The van der Waals surface area contributed by atoms with Crippen molar-refractivity contribution in [1.29, 1.82) is 0 Å². The zero-order chi connectivity index (χ0) is 31.3. The molecule has 1 aliphatic carbocycles. The highest BCUT2D eigenvalue weighted by Gasteiger charge is 2.33. The van der Waals surface area contributed by atoms with E-state index in [1.807, 2.05) is 29.7 Å². The van der Waals surface area contributed by atoms with Crippen LogP contribution in [0.4, 0.5) is 4.79 Å². The Hall–Kier alpha value is -3.30. The third kappa shape index (κ3) is 10.1. The van der Waals surface area contributed by atoms with E-state index in [9.17, 15) is 9.59 Å². The molecule has 1 aliphatic heterocycles. The molecule has 4 rings (SSSR count). The molecule has 0 aromatic heterocycles. The Morgan fingerprint density at radius 3 is 2.45 bits per heavy atom. The van der Waals surface area contributed by atoms with Crippen LogP contribution in [0.25, 0.3) is 0 Å². The Morgan fingerprint density at radius 2 is 1.75 bits per heavy atom. The number of rotatable bonds is 17. The van der Waals surface area contributed by atoms with Crippen molar-refractivity contribution in [3.8, 4) is 11.5 Å². The van der Waals surface area contributed by atoms with Gasteiger partial charge >= 0.3 is 6.09 Å². The van der Waals surface area contributed by atoms with Crippen LogP contribution in [0.5, 0.6) is 11.5 Å². The van der Waals surface area contributed by atoms with Crippen LogP contribution in [-0.2, 0) is 15.9 Å². The molecule has 0 radical (unpaired) electrons. The molecule has 0 spiro atoms. The number of ether oxygens (including phenoxy) is 4. The Bertz CT molecular complexity index is 1170. The second-order valence-corrected chi connectivity index (χ2v) is 12.3. The Kier molecular flexibility index (Phi) is 13.2. The first kappa shape index (κ1) is 33.6. The van der Waals surface area contributed by atoms with Crippen molar-refractivity contribution in [3.05, 3.63) is 59.7 Å². The van der Waals surface area contributed by atoms with E-state index in [2.05, 4.69) is 29.6 Å². The van der Waals surface area contributed by atoms with E-state index < -0.39 is 0 Å². The molecule has 1 heterocycles. The van der Waals surface area contributed by atoms with E-state index in [1.165, 1.54) is 18.4 Å². The first-order valence-electron chi connectivity index (χ1n) is 16.2. The van der Waals surface area contributed by atoms with Crippen molar-refractivity contribution in [2.45, 2.75) is 64.5 Å². The minimum atomic E-state index is -0.222. The molecule has 1 N–H and O–H groups in total. The number of carbonyl (C=O) groups excluding carboxylic acids is 2. The van der Waals surface area contributed by atoms with Crippen LogP contribution in [0.1, 0.15) is 61.9 Å². The third-order valence-corrected chi connectivity index (χ3v) is 8.38. The summed E-state index contributed by atoms with van der Waals surface area (Å²) < 4.78 is 22.4. The summed E-state index contributed by atoms with van der Waals surface area (Å²) in [6, 6.07) is 15.7. The number of nitrogens with one attached hydrogen (secondary N) is 1. The maximum Gasteiger partial charge on any atom is 0.409 e. The average Bonchev–Trinajstić information content (AvgIpc) is 3.86. The van der Waals surface area contributed by atoms with Crippen LogP contribution in [0, 0.1) is 11.8 Å². The Labute approximate surface area is 263 Å². The van der Waals surface area contributed by atoms with E-state index in [0.29, 0.717) is 55.9 Å². The highest BCUT2D eigenvalue weighted by molar-refractivity contribution is 5.95. The van der Waals surface area contributed by atoms with Crippen LogP contribution in [-0.4, -0.2) is 94.1 Å². The molecule has 2 aromatic rings. The van der Waals surface area contributed by atoms with E-state index in [-0.39, 0.29) is 30.0 Å². The molecule has 2 amide bonds. The van der Waals surface area contributed by atoms with Gasteiger partial charge in [0.25, 0.3) is 5.91 Å². The fourth-order valence-corrected chi connectivity index (χ4v) is 5.89. The number of benzene rings is 2. The van der Waals surface area contributed by atoms with Crippen LogP contribution in [0.15, 0.2) is 48.5 Å². The summed E-state index contributed by atoms with van der Waals surface area (Å²) in [6.07, 6.45) is 5.50. The molecule has 0 bridgehead atoms. The van der Waals surface area contributed by atoms with Crippen molar-refractivity contribution < 1.29 is 28.5 Å². The minimum Gasteiger partial charge on any atom is -0.493 e. The SMILES string of the molecule is COCCCOc1cc(C(=O)N(C(C)C)[C@H]2CNC[C@@H](COC(=O)N(CCCc3ccccc3)CC3CC3)C2)ccc1OC. The van der Waals surface area contributed by atoms with Crippen molar-refractivity contribution >= 4 is 12.0 Å². The second kappa shape index (κ2) is 17.3. The molecular weight excluding hydrogens is 558 g/mol. The number of aryl methyl sites for hydroxylation is 1. The van der Waals surface area contributed by atoms with E-state index in [4.69, 9.17) is 18.9 Å². The molecule has 2 fully saturated rings. The first-order chi connectivity index (χ1) is 21.4. The monoisotopic (exact) mass is 609 g/mol. The second-order valence-electron chi connectivity index (χ2n) is 12.3. The predicted molar refractivity (Wildman–Crippen MR) is 171 cm³/mol. The van der Waals surface area contributed by atoms with Gasteiger partial charge in [0, 0.05) is 69.9 Å². The molecule has 9 heteroatoms. The van der Waals surface area contributed by atoms with E-state index in [1.54, 1.807) is 32.4 Å². The number of carbonyl (C=O) groups is 2. The lowest BCUT2D eigenvalue weighted by molar-refractivity contribution is 0.0436. The van der Waals surface area contributed by atoms with Crippen molar-refractivity contribution in [1.82, 2.24) is 15.1 Å². The Morgan fingerprint density at radius 1 is 0.955 bits per heavy atom.